The zero-order chi connectivity index (χ0) is 19.4. The number of benzene rings is 2. The summed E-state index contributed by atoms with van der Waals surface area (Å²) in [4.78, 5) is 26.2. The molecule has 2 amide bonds. The number of carbonyl (C=O) groups is 2. The lowest BCUT2D eigenvalue weighted by Crippen LogP contribution is -2.32. The molecule has 1 aliphatic rings. The van der Waals surface area contributed by atoms with E-state index in [2.05, 4.69) is 10.6 Å². The molecule has 0 saturated carbocycles. The van der Waals surface area contributed by atoms with E-state index in [1.165, 1.54) is 0 Å². The van der Waals surface area contributed by atoms with Gasteiger partial charge in [-0.1, -0.05) is 18.2 Å². The van der Waals surface area contributed by atoms with Crippen molar-refractivity contribution in [3.8, 4) is 5.75 Å². The first-order valence-corrected chi connectivity index (χ1v) is 9.11. The van der Waals surface area contributed by atoms with E-state index in [1.54, 1.807) is 18.9 Å². The van der Waals surface area contributed by atoms with Gasteiger partial charge in [-0.05, 0) is 44.0 Å². The molecule has 1 fully saturated rings. The lowest BCUT2D eigenvalue weighted by atomic mass is 10.2. The van der Waals surface area contributed by atoms with Gasteiger partial charge in [-0.3, -0.25) is 9.59 Å². The number of carbonyl (C=O) groups excluding carboxylic acids is 2. The smallest absolute Gasteiger partial charge is 0.246 e. The molecule has 2 aromatic carbocycles. The molecule has 1 unspecified atom stereocenters. The van der Waals surface area contributed by atoms with Crippen molar-refractivity contribution in [1.82, 2.24) is 0 Å². The number of aryl methyl sites for hydroxylation is 1. The highest BCUT2D eigenvalue weighted by Gasteiger charge is 2.24. The lowest BCUT2D eigenvalue weighted by Gasteiger charge is -2.21. The van der Waals surface area contributed by atoms with Crippen LogP contribution in [0.3, 0.4) is 0 Å². The van der Waals surface area contributed by atoms with Crippen molar-refractivity contribution in [2.75, 3.05) is 29.2 Å². The number of para-hydroxylation sites is 1. The second kappa shape index (κ2) is 8.12. The summed E-state index contributed by atoms with van der Waals surface area (Å²) in [6, 6.07) is 12.8. The normalized spacial score (nSPS) is 14.8. The Bertz CT molecular complexity index is 850. The van der Waals surface area contributed by atoms with Crippen LogP contribution in [-0.2, 0) is 9.59 Å². The second-order valence-electron chi connectivity index (χ2n) is 6.71. The van der Waals surface area contributed by atoms with Gasteiger partial charge in [0.25, 0.3) is 0 Å². The summed E-state index contributed by atoms with van der Waals surface area (Å²) in [5.74, 6) is 0.601. The fourth-order valence-corrected chi connectivity index (χ4v) is 3.16. The van der Waals surface area contributed by atoms with Gasteiger partial charge in [0.2, 0.25) is 11.8 Å². The van der Waals surface area contributed by atoms with E-state index in [0.717, 1.165) is 29.0 Å². The van der Waals surface area contributed by atoms with Crippen LogP contribution in [0.25, 0.3) is 0 Å². The van der Waals surface area contributed by atoms with Crippen LogP contribution in [0.15, 0.2) is 42.5 Å². The number of nitrogens with one attached hydrogen (secondary N) is 2. The summed E-state index contributed by atoms with van der Waals surface area (Å²) in [6.45, 7) is 4.46. The van der Waals surface area contributed by atoms with Crippen molar-refractivity contribution in [3.63, 3.8) is 0 Å². The standard InChI is InChI=1S/C21H25N3O3/c1-14-7-4-5-8-17(14)23-21(26)15(2)22-16-10-11-18(19(13-16)27-3)24-12-6-9-20(24)25/h4-5,7-8,10-11,13,15,22H,6,9,12H2,1-3H3,(H,23,26). The number of ether oxygens (including phenoxy) is 1. The van der Waals surface area contributed by atoms with E-state index in [-0.39, 0.29) is 11.8 Å². The van der Waals surface area contributed by atoms with Crippen LogP contribution in [0.2, 0.25) is 0 Å². The summed E-state index contributed by atoms with van der Waals surface area (Å²) >= 11 is 0. The van der Waals surface area contributed by atoms with E-state index in [1.807, 2.05) is 49.4 Å². The minimum atomic E-state index is -0.436. The number of hydrogen-bond acceptors (Lipinski definition) is 4. The second-order valence-corrected chi connectivity index (χ2v) is 6.71. The first kappa shape index (κ1) is 18.8. The molecule has 27 heavy (non-hydrogen) atoms. The van der Waals surface area contributed by atoms with Gasteiger partial charge in [0, 0.05) is 30.4 Å². The monoisotopic (exact) mass is 367 g/mol. The Balaban J connectivity index is 1.70. The number of hydrogen-bond donors (Lipinski definition) is 2. The van der Waals surface area contributed by atoms with Crippen molar-refractivity contribution in [2.45, 2.75) is 32.7 Å². The third-order valence-electron chi connectivity index (χ3n) is 4.72. The first-order chi connectivity index (χ1) is 13.0. The van der Waals surface area contributed by atoms with Gasteiger partial charge in [0.15, 0.2) is 0 Å². The fraction of sp³-hybridized carbons (Fsp3) is 0.333. The molecule has 0 aromatic heterocycles. The molecule has 0 bridgehead atoms. The molecule has 1 heterocycles. The lowest BCUT2D eigenvalue weighted by molar-refractivity contribution is -0.117. The molecule has 6 nitrogen and oxygen atoms in total. The molecule has 1 atom stereocenters. The van der Waals surface area contributed by atoms with Gasteiger partial charge in [-0.15, -0.1) is 0 Å². The van der Waals surface area contributed by atoms with Gasteiger partial charge in [0.05, 0.1) is 12.8 Å². The maximum absolute atomic E-state index is 12.5. The molecule has 0 spiro atoms. The van der Waals surface area contributed by atoms with Gasteiger partial charge >= 0.3 is 0 Å². The Hall–Kier alpha value is -3.02. The van der Waals surface area contributed by atoms with Crippen LogP contribution < -0.4 is 20.3 Å². The minimum absolute atomic E-state index is 0.111. The minimum Gasteiger partial charge on any atom is -0.494 e. The van der Waals surface area contributed by atoms with Crippen LogP contribution in [0.4, 0.5) is 17.1 Å². The average Bonchev–Trinajstić information content (AvgIpc) is 3.09. The molecule has 1 saturated heterocycles. The summed E-state index contributed by atoms with van der Waals surface area (Å²) < 4.78 is 5.47. The van der Waals surface area contributed by atoms with Gasteiger partial charge in [-0.2, -0.15) is 0 Å². The van der Waals surface area contributed by atoms with Crippen LogP contribution in [-0.4, -0.2) is 31.5 Å². The van der Waals surface area contributed by atoms with E-state index in [4.69, 9.17) is 4.74 Å². The Kier molecular flexibility index (Phi) is 5.64. The molecule has 3 rings (SSSR count). The molecular weight excluding hydrogens is 342 g/mol. The zero-order valence-electron chi connectivity index (χ0n) is 15.9. The average molecular weight is 367 g/mol. The van der Waals surface area contributed by atoms with Crippen molar-refractivity contribution < 1.29 is 14.3 Å². The van der Waals surface area contributed by atoms with Crippen molar-refractivity contribution in [1.29, 1.82) is 0 Å². The van der Waals surface area contributed by atoms with E-state index >= 15 is 0 Å². The highest BCUT2D eigenvalue weighted by Crippen LogP contribution is 2.34. The number of methoxy groups -OCH3 is 1. The largest absolute Gasteiger partial charge is 0.494 e. The van der Waals surface area contributed by atoms with Crippen LogP contribution in [0.5, 0.6) is 5.75 Å². The van der Waals surface area contributed by atoms with E-state index in [0.29, 0.717) is 18.7 Å². The van der Waals surface area contributed by atoms with E-state index < -0.39 is 6.04 Å². The van der Waals surface area contributed by atoms with E-state index in [9.17, 15) is 9.59 Å². The summed E-state index contributed by atoms with van der Waals surface area (Å²) in [6.07, 6.45) is 1.43. The van der Waals surface area contributed by atoms with Crippen molar-refractivity contribution in [3.05, 3.63) is 48.0 Å². The van der Waals surface area contributed by atoms with Crippen molar-refractivity contribution >= 4 is 28.9 Å². The first-order valence-electron chi connectivity index (χ1n) is 9.11. The zero-order valence-corrected chi connectivity index (χ0v) is 15.9. The van der Waals surface area contributed by atoms with Gasteiger partial charge in [0.1, 0.15) is 11.8 Å². The predicted octanol–water partition coefficient (Wildman–Crippen LogP) is 3.57. The topological polar surface area (TPSA) is 70.7 Å². The molecule has 2 N–H and O–H groups in total. The molecule has 0 radical (unpaired) electrons. The Labute approximate surface area is 159 Å². The molecule has 6 heteroatoms. The summed E-state index contributed by atoms with van der Waals surface area (Å²) in [5.41, 5.74) is 3.34. The molecule has 2 aromatic rings. The highest BCUT2D eigenvalue weighted by atomic mass is 16.5. The number of rotatable bonds is 6. The predicted molar refractivity (Wildman–Crippen MR) is 107 cm³/mol. The number of amides is 2. The SMILES string of the molecule is COc1cc(NC(C)C(=O)Nc2ccccc2C)ccc1N1CCCC1=O. The van der Waals surface area contributed by atoms with Crippen LogP contribution >= 0.6 is 0 Å². The molecule has 0 aliphatic carbocycles. The molecule has 142 valence electrons. The Morgan fingerprint density at radius 1 is 1.22 bits per heavy atom. The molecular formula is C21H25N3O3. The molecule has 1 aliphatic heterocycles. The van der Waals surface area contributed by atoms with Gasteiger partial charge in [-0.25, -0.2) is 0 Å². The quantitative estimate of drug-likeness (QED) is 0.819. The van der Waals surface area contributed by atoms with Gasteiger partial charge < -0.3 is 20.3 Å². The third-order valence-corrected chi connectivity index (χ3v) is 4.72. The maximum atomic E-state index is 12.5. The Morgan fingerprint density at radius 2 is 2.00 bits per heavy atom. The van der Waals surface area contributed by atoms with Crippen LogP contribution in [0, 0.1) is 6.92 Å². The number of anilines is 3. The number of nitrogens with zero attached hydrogens (tertiary/aromatic N) is 1. The maximum Gasteiger partial charge on any atom is 0.246 e. The highest BCUT2D eigenvalue weighted by molar-refractivity contribution is 5.98. The summed E-state index contributed by atoms with van der Waals surface area (Å²) in [7, 11) is 1.58. The van der Waals surface area contributed by atoms with Crippen molar-refractivity contribution in [2.24, 2.45) is 0 Å². The third kappa shape index (κ3) is 4.22. The fourth-order valence-electron chi connectivity index (χ4n) is 3.16. The summed E-state index contributed by atoms with van der Waals surface area (Å²) in [5, 5.41) is 6.12. The van der Waals surface area contributed by atoms with Crippen LogP contribution in [0.1, 0.15) is 25.3 Å². The Morgan fingerprint density at radius 3 is 2.67 bits per heavy atom.